The molecule has 0 bridgehead atoms. The Bertz CT molecular complexity index is 446. The highest BCUT2D eigenvalue weighted by atomic mass is 15.3. The second-order valence-corrected chi connectivity index (χ2v) is 3.58. The molecule has 2 N–H and O–H groups in total. The van der Waals surface area contributed by atoms with Crippen molar-refractivity contribution < 1.29 is 0 Å². The van der Waals surface area contributed by atoms with Gasteiger partial charge in [-0.3, -0.25) is 0 Å². The van der Waals surface area contributed by atoms with E-state index < -0.39 is 0 Å². The van der Waals surface area contributed by atoms with Crippen LogP contribution in [0.15, 0.2) is 36.5 Å². The lowest BCUT2D eigenvalue weighted by atomic mass is 10.2. The van der Waals surface area contributed by atoms with Gasteiger partial charge in [0, 0.05) is 12.6 Å². The topological polar surface area (TPSA) is 43.8 Å². The van der Waals surface area contributed by atoms with Gasteiger partial charge in [0.05, 0.1) is 11.4 Å². The molecule has 0 amide bonds. The van der Waals surface area contributed by atoms with Gasteiger partial charge in [0.2, 0.25) is 0 Å². The van der Waals surface area contributed by atoms with E-state index in [1.54, 1.807) is 0 Å². The zero-order valence-corrected chi connectivity index (χ0v) is 8.85. The molecule has 2 aromatic rings. The number of benzene rings is 1. The van der Waals surface area contributed by atoms with Crippen LogP contribution >= 0.6 is 0 Å². The average molecular weight is 201 g/mol. The van der Waals surface area contributed by atoms with Crippen molar-refractivity contribution in [3.05, 3.63) is 47.8 Å². The summed E-state index contributed by atoms with van der Waals surface area (Å²) in [4.78, 5) is 0. The van der Waals surface area contributed by atoms with Gasteiger partial charge in [-0.15, -0.1) is 0 Å². The molecule has 1 aromatic heterocycles. The standard InChI is InChI=1S/C12H15N3/c1-10-4-2-3-5-12(10)15-9-7-11(14-15)6-8-13/h2-5,7,9H,6,8,13H2,1H3. The van der Waals surface area contributed by atoms with E-state index >= 15 is 0 Å². The van der Waals surface area contributed by atoms with Gasteiger partial charge in [0.25, 0.3) is 0 Å². The molecule has 3 nitrogen and oxygen atoms in total. The van der Waals surface area contributed by atoms with Crippen molar-refractivity contribution in [3.63, 3.8) is 0 Å². The average Bonchev–Trinajstić information content (AvgIpc) is 2.68. The van der Waals surface area contributed by atoms with E-state index in [0.29, 0.717) is 6.54 Å². The minimum Gasteiger partial charge on any atom is -0.330 e. The molecule has 15 heavy (non-hydrogen) atoms. The fourth-order valence-corrected chi connectivity index (χ4v) is 1.60. The second-order valence-electron chi connectivity index (χ2n) is 3.58. The number of rotatable bonds is 3. The zero-order valence-electron chi connectivity index (χ0n) is 8.85. The Morgan fingerprint density at radius 2 is 2.07 bits per heavy atom. The molecule has 0 unspecified atom stereocenters. The quantitative estimate of drug-likeness (QED) is 0.821. The van der Waals surface area contributed by atoms with Crippen LogP contribution in [0.2, 0.25) is 0 Å². The monoisotopic (exact) mass is 201 g/mol. The molecule has 0 radical (unpaired) electrons. The number of nitrogens with zero attached hydrogens (tertiary/aromatic N) is 2. The minimum atomic E-state index is 0.644. The normalized spacial score (nSPS) is 10.5. The summed E-state index contributed by atoms with van der Waals surface area (Å²) in [6.45, 7) is 2.73. The predicted octanol–water partition coefficient (Wildman–Crippen LogP) is 1.68. The zero-order chi connectivity index (χ0) is 10.7. The summed E-state index contributed by atoms with van der Waals surface area (Å²) in [6, 6.07) is 10.2. The largest absolute Gasteiger partial charge is 0.330 e. The van der Waals surface area contributed by atoms with Crippen LogP contribution in [0.5, 0.6) is 0 Å². The fraction of sp³-hybridized carbons (Fsp3) is 0.250. The summed E-state index contributed by atoms with van der Waals surface area (Å²) in [5, 5.41) is 4.47. The third-order valence-electron chi connectivity index (χ3n) is 2.41. The molecule has 1 aromatic carbocycles. The van der Waals surface area contributed by atoms with E-state index in [2.05, 4.69) is 24.2 Å². The molecule has 0 fully saturated rings. The molecule has 0 saturated heterocycles. The third kappa shape index (κ3) is 2.07. The highest BCUT2D eigenvalue weighted by Gasteiger charge is 2.02. The Labute approximate surface area is 89.5 Å². The summed E-state index contributed by atoms with van der Waals surface area (Å²) in [6.07, 6.45) is 2.81. The Morgan fingerprint density at radius 3 is 2.80 bits per heavy atom. The molecule has 2 rings (SSSR count). The first-order chi connectivity index (χ1) is 7.31. The van der Waals surface area contributed by atoms with E-state index in [0.717, 1.165) is 17.8 Å². The van der Waals surface area contributed by atoms with Crippen LogP contribution < -0.4 is 5.73 Å². The van der Waals surface area contributed by atoms with Crippen LogP contribution in [-0.4, -0.2) is 16.3 Å². The summed E-state index contributed by atoms with van der Waals surface area (Å²) in [5.74, 6) is 0. The van der Waals surface area contributed by atoms with Gasteiger partial charge in [-0.1, -0.05) is 18.2 Å². The van der Waals surface area contributed by atoms with Crippen molar-refractivity contribution in [2.45, 2.75) is 13.3 Å². The molecule has 0 aliphatic heterocycles. The Morgan fingerprint density at radius 1 is 1.27 bits per heavy atom. The maximum absolute atomic E-state index is 5.49. The summed E-state index contributed by atoms with van der Waals surface area (Å²) in [5.41, 5.74) is 8.88. The van der Waals surface area contributed by atoms with Gasteiger partial charge in [0.1, 0.15) is 0 Å². The number of hydrogen-bond donors (Lipinski definition) is 1. The molecular formula is C12H15N3. The van der Waals surface area contributed by atoms with Crippen LogP contribution in [0.25, 0.3) is 5.69 Å². The molecule has 0 atom stereocenters. The van der Waals surface area contributed by atoms with Gasteiger partial charge in [0.15, 0.2) is 0 Å². The van der Waals surface area contributed by atoms with Gasteiger partial charge in [-0.25, -0.2) is 4.68 Å². The Kier molecular flexibility index (Phi) is 2.83. The van der Waals surface area contributed by atoms with Crippen molar-refractivity contribution in [1.29, 1.82) is 0 Å². The van der Waals surface area contributed by atoms with Gasteiger partial charge >= 0.3 is 0 Å². The van der Waals surface area contributed by atoms with E-state index in [-0.39, 0.29) is 0 Å². The van der Waals surface area contributed by atoms with Crippen LogP contribution in [-0.2, 0) is 6.42 Å². The molecule has 3 heteroatoms. The number of aromatic nitrogens is 2. The van der Waals surface area contributed by atoms with Crippen LogP contribution in [0.4, 0.5) is 0 Å². The van der Waals surface area contributed by atoms with E-state index in [4.69, 9.17) is 5.73 Å². The van der Waals surface area contributed by atoms with E-state index in [1.165, 1.54) is 5.56 Å². The summed E-state index contributed by atoms with van der Waals surface area (Å²) < 4.78 is 1.90. The van der Waals surface area contributed by atoms with Crippen molar-refractivity contribution in [3.8, 4) is 5.69 Å². The van der Waals surface area contributed by atoms with Gasteiger partial charge in [-0.05, 0) is 31.2 Å². The van der Waals surface area contributed by atoms with Crippen molar-refractivity contribution in [2.24, 2.45) is 5.73 Å². The maximum atomic E-state index is 5.49. The number of hydrogen-bond acceptors (Lipinski definition) is 2. The van der Waals surface area contributed by atoms with Crippen LogP contribution in [0, 0.1) is 6.92 Å². The van der Waals surface area contributed by atoms with Crippen molar-refractivity contribution >= 4 is 0 Å². The van der Waals surface area contributed by atoms with Gasteiger partial charge < -0.3 is 5.73 Å². The number of aryl methyl sites for hydroxylation is 1. The third-order valence-corrected chi connectivity index (χ3v) is 2.41. The molecule has 0 saturated carbocycles. The first-order valence-electron chi connectivity index (χ1n) is 5.12. The summed E-state index contributed by atoms with van der Waals surface area (Å²) >= 11 is 0. The molecule has 0 spiro atoms. The van der Waals surface area contributed by atoms with Crippen molar-refractivity contribution in [1.82, 2.24) is 9.78 Å². The minimum absolute atomic E-state index is 0.644. The lowest BCUT2D eigenvalue weighted by Gasteiger charge is -2.04. The predicted molar refractivity (Wildman–Crippen MR) is 61.1 cm³/mol. The molecule has 0 aliphatic carbocycles. The maximum Gasteiger partial charge on any atom is 0.0674 e. The van der Waals surface area contributed by atoms with Crippen molar-refractivity contribution in [2.75, 3.05) is 6.54 Å². The van der Waals surface area contributed by atoms with E-state index in [1.807, 2.05) is 29.1 Å². The Balaban J connectivity index is 2.33. The lowest BCUT2D eigenvalue weighted by Crippen LogP contribution is -2.04. The van der Waals surface area contributed by atoms with Gasteiger partial charge in [-0.2, -0.15) is 5.10 Å². The fourth-order valence-electron chi connectivity index (χ4n) is 1.60. The second kappa shape index (κ2) is 4.28. The molecular weight excluding hydrogens is 186 g/mol. The number of para-hydroxylation sites is 1. The highest BCUT2D eigenvalue weighted by molar-refractivity contribution is 5.39. The molecule has 78 valence electrons. The first kappa shape index (κ1) is 9.93. The van der Waals surface area contributed by atoms with E-state index in [9.17, 15) is 0 Å². The smallest absolute Gasteiger partial charge is 0.0674 e. The Hall–Kier alpha value is -1.61. The summed E-state index contributed by atoms with van der Waals surface area (Å²) in [7, 11) is 0. The molecule has 0 aliphatic rings. The lowest BCUT2D eigenvalue weighted by molar-refractivity contribution is 0.817. The highest BCUT2D eigenvalue weighted by Crippen LogP contribution is 2.12. The molecule has 1 heterocycles. The SMILES string of the molecule is Cc1ccccc1-n1ccc(CCN)n1. The van der Waals surface area contributed by atoms with Crippen LogP contribution in [0.3, 0.4) is 0 Å². The van der Waals surface area contributed by atoms with Crippen LogP contribution in [0.1, 0.15) is 11.3 Å². The first-order valence-corrected chi connectivity index (χ1v) is 5.12. The number of nitrogens with two attached hydrogens (primary N) is 1.